The molecule has 7 rings (SSSR count). The van der Waals surface area contributed by atoms with E-state index in [0.717, 1.165) is 28.0 Å². The maximum atomic E-state index is 12.3. The van der Waals surface area contributed by atoms with Gasteiger partial charge in [0, 0.05) is 5.02 Å². The Morgan fingerprint density at radius 3 is 1.93 bits per heavy atom. The Hall–Kier alpha value is -1.83. The zero-order chi connectivity index (χ0) is 18.9. The molecule has 2 heteroatoms. The molecule has 0 unspecified atom stereocenters. The van der Waals surface area contributed by atoms with Gasteiger partial charge in [0.25, 0.3) is 0 Å². The number of hydrogen-bond acceptors (Lipinski definition) is 1. The molecule has 0 atom stereocenters. The first-order valence-corrected chi connectivity index (χ1v) is 11.0. The van der Waals surface area contributed by atoms with Gasteiger partial charge >= 0.3 is 0 Å². The summed E-state index contributed by atoms with van der Waals surface area (Å²) in [5.41, 5.74) is 2.76. The van der Waals surface area contributed by atoms with E-state index < -0.39 is 5.60 Å². The fourth-order valence-corrected chi connectivity index (χ4v) is 6.91. The van der Waals surface area contributed by atoms with Gasteiger partial charge in [-0.25, -0.2) is 0 Å². The first kappa shape index (κ1) is 17.1. The SMILES string of the molecule is OC1(c2cc3ccccc3cc2-c2ccc(Cl)cc2)C2CC3CC(C2)CC1C3. The molecule has 0 radical (unpaired) electrons. The highest BCUT2D eigenvalue weighted by Gasteiger charge is 2.57. The molecule has 3 aromatic carbocycles. The van der Waals surface area contributed by atoms with Crippen LogP contribution in [0.4, 0.5) is 0 Å². The van der Waals surface area contributed by atoms with Gasteiger partial charge in [-0.15, -0.1) is 0 Å². The number of rotatable bonds is 2. The van der Waals surface area contributed by atoms with E-state index in [1.165, 1.54) is 48.4 Å². The normalized spacial score (nSPS) is 33.5. The van der Waals surface area contributed by atoms with Crippen molar-refractivity contribution in [2.24, 2.45) is 23.7 Å². The summed E-state index contributed by atoms with van der Waals surface area (Å²) in [6, 6.07) is 21.2. The molecule has 0 aromatic heterocycles. The lowest BCUT2D eigenvalue weighted by molar-refractivity contribution is -0.179. The summed E-state index contributed by atoms with van der Waals surface area (Å²) in [6.45, 7) is 0. The highest BCUT2D eigenvalue weighted by Crippen LogP contribution is 2.62. The van der Waals surface area contributed by atoms with Gasteiger partial charge in [0.15, 0.2) is 0 Å². The minimum absolute atomic E-state index is 0.399. The van der Waals surface area contributed by atoms with Crippen molar-refractivity contribution in [3.63, 3.8) is 0 Å². The third-order valence-electron chi connectivity index (χ3n) is 7.86. The average molecular weight is 389 g/mol. The Bertz CT molecular complexity index is 1020. The average Bonchev–Trinajstić information content (AvgIpc) is 2.71. The van der Waals surface area contributed by atoms with Gasteiger partial charge in [0.05, 0.1) is 5.60 Å². The molecule has 4 aliphatic carbocycles. The Kier molecular flexibility index (Phi) is 3.71. The van der Waals surface area contributed by atoms with Crippen LogP contribution in [0.25, 0.3) is 21.9 Å². The van der Waals surface area contributed by atoms with Crippen molar-refractivity contribution < 1.29 is 5.11 Å². The summed E-state index contributed by atoms with van der Waals surface area (Å²) in [6.07, 6.45) is 6.16. The third kappa shape index (κ3) is 2.42. The van der Waals surface area contributed by atoms with E-state index in [0.29, 0.717) is 11.8 Å². The first-order valence-electron chi connectivity index (χ1n) is 10.6. The second-order valence-corrected chi connectivity index (χ2v) is 9.82. The predicted octanol–water partition coefficient (Wildman–Crippen LogP) is 6.80. The molecule has 4 fully saturated rings. The summed E-state index contributed by atoms with van der Waals surface area (Å²) < 4.78 is 0. The monoisotopic (exact) mass is 388 g/mol. The van der Waals surface area contributed by atoms with Gasteiger partial charge in [-0.2, -0.15) is 0 Å². The molecule has 4 bridgehead atoms. The molecule has 1 nitrogen and oxygen atoms in total. The van der Waals surface area contributed by atoms with E-state index in [1.54, 1.807) is 0 Å². The fraction of sp³-hybridized carbons (Fsp3) is 0.385. The highest BCUT2D eigenvalue weighted by molar-refractivity contribution is 6.30. The Labute approximate surface area is 171 Å². The zero-order valence-electron chi connectivity index (χ0n) is 15.9. The molecule has 142 valence electrons. The molecule has 4 saturated carbocycles. The van der Waals surface area contributed by atoms with Crippen molar-refractivity contribution >= 4 is 22.4 Å². The summed E-state index contributed by atoms with van der Waals surface area (Å²) in [5.74, 6) is 2.47. The zero-order valence-corrected chi connectivity index (χ0v) is 16.7. The van der Waals surface area contributed by atoms with Crippen LogP contribution >= 0.6 is 11.6 Å². The number of aliphatic hydroxyl groups is 1. The number of benzene rings is 3. The largest absolute Gasteiger partial charge is 0.385 e. The number of fused-ring (bicyclic) bond motifs is 1. The lowest BCUT2D eigenvalue weighted by atomic mass is 9.48. The number of halogens is 1. The van der Waals surface area contributed by atoms with E-state index in [1.807, 2.05) is 12.1 Å². The van der Waals surface area contributed by atoms with Crippen LogP contribution in [-0.2, 0) is 5.60 Å². The fourth-order valence-electron chi connectivity index (χ4n) is 6.78. The summed E-state index contributed by atoms with van der Waals surface area (Å²) in [4.78, 5) is 0. The lowest BCUT2D eigenvalue weighted by Crippen LogP contribution is -2.55. The van der Waals surface area contributed by atoms with Crippen LogP contribution in [0.15, 0.2) is 60.7 Å². The Balaban J connectivity index is 1.59. The molecule has 28 heavy (non-hydrogen) atoms. The van der Waals surface area contributed by atoms with Crippen LogP contribution in [-0.4, -0.2) is 5.11 Å². The Morgan fingerprint density at radius 2 is 1.32 bits per heavy atom. The summed E-state index contributed by atoms with van der Waals surface area (Å²) in [7, 11) is 0. The van der Waals surface area contributed by atoms with Crippen molar-refractivity contribution in [1.29, 1.82) is 0 Å². The van der Waals surface area contributed by atoms with Crippen molar-refractivity contribution in [2.45, 2.75) is 37.7 Å². The van der Waals surface area contributed by atoms with Crippen molar-refractivity contribution in [2.75, 3.05) is 0 Å². The van der Waals surface area contributed by atoms with Crippen molar-refractivity contribution in [1.82, 2.24) is 0 Å². The van der Waals surface area contributed by atoms with Gasteiger partial charge in [0.2, 0.25) is 0 Å². The third-order valence-corrected chi connectivity index (χ3v) is 8.11. The molecule has 0 saturated heterocycles. The number of hydrogen-bond donors (Lipinski definition) is 1. The second kappa shape index (κ2) is 6.08. The standard InChI is InChI=1S/C26H25ClO/c27-23-7-5-18(6-8-23)24-14-19-3-1-2-4-20(19)15-25(24)26(28)21-10-16-9-17(12-21)13-22(26)11-16/h1-8,14-17,21-22,28H,9-13H2. The Morgan fingerprint density at radius 1 is 0.750 bits per heavy atom. The molecule has 0 heterocycles. The minimum Gasteiger partial charge on any atom is -0.385 e. The van der Waals surface area contributed by atoms with Gasteiger partial charge in [-0.05, 0) is 108 Å². The van der Waals surface area contributed by atoms with Crippen LogP contribution in [0.3, 0.4) is 0 Å². The smallest absolute Gasteiger partial charge is 0.0959 e. The molecular formula is C26H25ClO. The van der Waals surface area contributed by atoms with E-state index >= 15 is 0 Å². The molecule has 0 spiro atoms. The van der Waals surface area contributed by atoms with Crippen LogP contribution in [0, 0.1) is 23.7 Å². The summed E-state index contributed by atoms with van der Waals surface area (Å²) >= 11 is 6.16. The minimum atomic E-state index is -0.702. The van der Waals surface area contributed by atoms with Crippen molar-refractivity contribution in [3.05, 3.63) is 71.2 Å². The molecule has 4 aliphatic rings. The van der Waals surface area contributed by atoms with Gasteiger partial charge < -0.3 is 5.11 Å². The molecule has 3 aromatic rings. The van der Waals surface area contributed by atoms with Crippen LogP contribution < -0.4 is 0 Å². The van der Waals surface area contributed by atoms with E-state index in [9.17, 15) is 5.11 Å². The summed E-state index contributed by atoms with van der Waals surface area (Å²) in [5, 5.41) is 15.5. The highest BCUT2D eigenvalue weighted by atomic mass is 35.5. The predicted molar refractivity (Wildman–Crippen MR) is 115 cm³/mol. The first-order chi connectivity index (χ1) is 13.6. The maximum Gasteiger partial charge on any atom is 0.0959 e. The van der Waals surface area contributed by atoms with Gasteiger partial charge in [0.1, 0.15) is 0 Å². The molecule has 0 amide bonds. The quantitative estimate of drug-likeness (QED) is 0.511. The van der Waals surface area contributed by atoms with Gasteiger partial charge in [-0.1, -0.05) is 48.0 Å². The lowest BCUT2D eigenvalue weighted by Gasteiger charge is -2.59. The van der Waals surface area contributed by atoms with Crippen LogP contribution in [0.2, 0.25) is 5.02 Å². The molecule has 0 aliphatic heterocycles. The van der Waals surface area contributed by atoms with Crippen LogP contribution in [0.1, 0.15) is 37.7 Å². The van der Waals surface area contributed by atoms with Gasteiger partial charge in [-0.3, -0.25) is 0 Å². The van der Waals surface area contributed by atoms with E-state index in [4.69, 9.17) is 11.6 Å². The second-order valence-electron chi connectivity index (χ2n) is 9.38. The van der Waals surface area contributed by atoms with Crippen LogP contribution in [0.5, 0.6) is 0 Å². The van der Waals surface area contributed by atoms with E-state index in [-0.39, 0.29) is 0 Å². The molecular weight excluding hydrogens is 364 g/mol. The maximum absolute atomic E-state index is 12.3. The topological polar surface area (TPSA) is 20.2 Å². The van der Waals surface area contributed by atoms with Crippen molar-refractivity contribution in [3.8, 4) is 11.1 Å². The molecule has 1 N–H and O–H groups in total. The van der Waals surface area contributed by atoms with E-state index in [2.05, 4.69) is 48.5 Å².